The second-order valence-electron chi connectivity index (χ2n) is 4.27. The molecule has 0 N–H and O–H groups in total. The third kappa shape index (κ3) is 2.47. The maximum atomic E-state index is 5.13. The molecule has 0 fully saturated rings. The molecule has 0 aliphatic heterocycles. The van der Waals surface area contributed by atoms with Crippen LogP contribution in [0.1, 0.15) is 0 Å². The van der Waals surface area contributed by atoms with Crippen LogP contribution in [0.3, 0.4) is 0 Å². The summed E-state index contributed by atoms with van der Waals surface area (Å²) in [7, 11) is 1.63. The fourth-order valence-corrected chi connectivity index (χ4v) is 2.31. The van der Waals surface area contributed by atoms with Gasteiger partial charge in [0.15, 0.2) is 0 Å². The topological polar surface area (TPSA) is 22.1 Å². The minimum Gasteiger partial charge on any atom is -0.481 e. The number of rotatable bonds is 2. The molecule has 0 saturated carbocycles. The summed E-state index contributed by atoms with van der Waals surface area (Å²) in [5.74, 6) is 0.642. The van der Waals surface area contributed by atoms with E-state index in [9.17, 15) is 0 Å². The van der Waals surface area contributed by atoms with E-state index in [1.165, 1.54) is 11.1 Å². The van der Waals surface area contributed by atoms with Crippen molar-refractivity contribution in [2.24, 2.45) is 0 Å². The minimum atomic E-state index is 0.642. The zero-order chi connectivity index (χ0) is 13.2. The van der Waals surface area contributed by atoms with E-state index >= 15 is 0 Å². The molecule has 0 atom stereocenters. The van der Waals surface area contributed by atoms with E-state index in [0.29, 0.717) is 5.88 Å². The number of benzene rings is 2. The summed E-state index contributed by atoms with van der Waals surface area (Å²) < 4.78 is 6.22. The quantitative estimate of drug-likeness (QED) is 0.685. The van der Waals surface area contributed by atoms with Gasteiger partial charge in [0, 0.05) is 15.9 Å². The van der Waals surface area contributed by atoms with Gasteiger partial charge >= 0.3 is 0 Å². The minimum absolute atomic E-state index is 0.642. The molecule has 0 radical (unpaired) electrons. The monoisotopic (exact) mass is 313 g/mol. The molecule has 0 aliphatic rings. The van der Waals surface area contributed by atoms with Gasteiger partial charge < -0.3 is 4.74 Å². The molecule has 1 heterocycles. The predicted molar refractivity (Wildman–Crippen MR) is 81.4 cm³/mol. The average molecular weight is 314 g/mol. The second kappa shape index (κ2) is 5.02. The third-order valence-corrected chi connectivity index (χ3v) is 3.58. The van der Waals surface area contributed by atoms with Crippen molar-refractivity contribution >= 4 is 26.8 Å². The Morgan fingerprint density at radius 2 is 1.63 bits per heavy atom. The summed E-state index contributed by atoms with van der Waals surface area (Å²) in [4.78, 5) is 4.41. The maximum absolute atomic E-state index is 5.13. The van der Waals surface area contributed by atoms with Crippen LogP contribution in [-0.2, 0) is 0 Å². The van der Waals surface area contributed by atoms with Crippen molar-refractivity contribution in [2.45, 2.75) is 0 Å². The molecule has 19 heavy (non-hydrogen) atoms. The van der Waals surface area contributed by atoms with Gasteiger partial charge in [-0.15, -0.1) is 0 Å². The maximum Gasteiger partial charge on any atom is 0.213 e. The lowest BCUT2D eigenvalue weighted by Crippen LogP contribution is -1.88. The molecule has 3 heteroatoms. The number of aromatic nitrogens is 1. The van der Waals surface area contributed by atoms with Crippen LogP contribution in [0.15, 0.2) is 59.1 Å². The van der Waals surface area contributed by atoms with E-state index < -0.39 is 0 Å². The van der Waals surface area contributed by atoms with Gasteiger partial charge in [-0.05, 0) is 41.5 Å². The first-order valence-electron chi connectivity index (χ1n) is 5.97. The number of hydrogen-bond donors (Lipinski definition) is 0. The van der Waals surface area contributed by atoms with Gasteiger partial charge in [0.05, 0.1) is 12.6 Å². The molecule has 0 aliphatic carbocycles. The summed E-state index contributed by atoms with van der Waals surface area (Å²) in [6.45, 7) is 0. The van der Waals surface area contributed by atoms with Gasteiger partial charge in [-0.1, -0.05) is 34.1 Å². The van der Waals surface area contributed by atoms with Crippen LogP contribution in [0.4, 0.5) is 0 Å². The fourth-order valence-electron chi connectivity index (χ4n) is 2.04. The zero-order valence-electron chi connectivity index (χ0n) is 10.4. The Bertz CT molecular complexity index is 722. The van der Waals surface area contributed by atoms with Gasteiger partial charge in [0.2, 0.25) is 5.88 Å². The van der Waals surface area contributed by atoms with Gasteiger partial charge in [-0.25, -0.2) is 4.98 Å². The number of nitrogens with zero attached hydrogens (tertiary/aromatic N) is 1. The van der Waals surface area contributed by atoms with E-state index in [0.717, 1.165) is 15.4 Å². The van der Waals surface area contributed by atoms with Gasteiger partial charge in [0.1, 0.15) is 0 Å². The smallest absolute Gasteiger partial charge is 0.213 e. The zero-order valence-corrected chi connectivity index (χ0v) is 12.0. The number of pyridine rings is 1. The molecule has 3 rings (SSSR count). The number of ether oxygens (including phenoxy) is 1. The van der Waals surface area contributed by atoms with Crippen LogP contribution in [0.25, 0.3) is 22.0 Å². The van der Waals surface area contributed by atoms with Crippen LogP contribution in [-0.4, -0.2) is 12.1 Å². The first kappa shape index (κ1) is 12.2. The highest BCUT2D eigenvalue weighted by Gasteiger charge is 2.02. The second-order valence-corrected chi connectivity index (χ2v) is 5.18. The Morgan fingerprint density at radius 3 is 2.37 bits per heavy atom. The molecule has 3 aromatic rings. The Balaban J connectivity index is 2.08. The Kier molecular flexibility index (Phi) is 3.22. The molecule has 0 saturated heterocycles. The molecule has 0 amide bonds. The van der Waals surface area contributed by atoms with Crippen molar-refractivity contribution in [1.82, 2.24) is 4.98 Å². The molecule has 0 spiro atoms. The lowest BCUT2D eigenvalue weighted by atomic mass is 10.0. The van der Waals surface area contributed by atoms with Crippen LogP contribution in [0.2, 0.25) is 0 Å². The highest BCUT2D eigenvalue weighted by molar-refractivity contribution is 9.10. The van der Waals surface area contributed by atoms with Crippen LogP contribution < -0.4 is 4.74 Å². The van der Waals surface area contributed by atoms with Crippen LogP contribution >= 0.6 is 15.9 Å². The van der Waals surface area contributed by atoms with Crippen molar-refractivity contribution in [3.8, 4) is 17.0 Å². The van der Waals surface area contributed by atoms with Crippen molar-refractivity contribution in [2.75, 3.05) is 7.11 Å². The number of methoxy groups -OCH3 is 1. The normalized spacial score (nSPS) is 10.6. The molecule has 2 aromatic carbocycles. The summed E-state index contributed by atoms with van der Waals surface area (Å²) in [5.41, 5.74) is 3.33. The average Bonchev–Trinajstić information content (AvgIpc) is 2.47. The summed E-state index contributed by atoms with van der Waals surface area (Å²) >= 11 is 3.45. The fraction of sp³-hybridized carbons (Fsp3) is 0.0625. The lowest BCUT2D eigenvalue weighted by Gasteiger charge is -2.05. The van der Waals surface area contributed by atoms with Crippen LogP contribution in [0, 0.1) is 0 Å². The van der Waals surface area contributed by atoms with Gasteiger partial charge in [0.25, 0.3) is 0 Å². The number of fused-ring (bicyclic) bond motifs is 1. The summed E-state index contributed by atoms with van der Waals surface area (Å²) in [6.07, 6.45) is 0. The van der Waals surface area contributed by atoms with Crippen LogP contribution in [0.5, 0.6) is 5.88 Å². The van der Waals surface area contributed by atoms with E-state index in [4.69, 9.17) is 4.74 Å². The summed E-state index contributed by atoms with van der Waals surface area (Å²) in [5, 5.41) is 1.11. The standard InChI is InChI=1S/C16H12BrNO/c1-19-16-9-5-13-10-12(4-8-15(13)18-16)11-2-6-14(17)7-3-11/h2-10H,1H3. The SMILES string of the molecule is COc1ccc2cc(-c3ccc(Br)cc3)ccc2n1. The molecule has 0 unspecified atom stereocenters. The van der Waals surface area contributed by atoms with Crippen molar-refractivity contribution in [3.63, 3.8) is 0 Å². The largest absolute Gasteiger partial charge is 0.481 e. The first-order valence-corrected chi connectivity index (χ1v) is 6.76. The first-order chi connectivity index (χ1) is 9.26. The molecule has 94 valence electrons. The van der Waals surface area contributed by atoms with Crippen molar-refractivity contribution < 1.29 is 4.74 Å². The van der Waals surface area contributed by atoms with E-state index in [1.54, 1.807) is 7.11 Å². The molecular weight excluding hydrogens is 302 g/mol. The van der Waals surface area contributed by atoms with Gasteiger partial charge in [-0.2, -0.15) is 0 Å². The Labute approximate surface area is 120 Å². The third-order valence-electron chi connectivity index (χ3n) is 3.05. The molecule has 0 bridgehead atoms. The van der Waals surface area contributed by atoms with Crippen molar-refractivity contribution in [3.05, 3.63) is 59.1 Å². The Morgan fingerprint density at radius 1 is 0.895 bits per heavy atom. The van der Waals surface area contributed by atoms with E-state index in [-0.39, 0.29) is 0 Å². The number of halogens is 1. The Hall–Kier alpha value is -1.87. The van der Waals surface area contributed by atoms with E-state index in [2.05, 4.69) is 45.2 Å². The highest BCUT2D eigenvalue weighted by Crippen LogP contribution is 2.26. The van der Waals surface area contributed by atoms with Crippen molar-refractivity contribution in [1.29, 1.82) is 0 Å². The molecular formula is C16H12BrNO. The molecule has 2 nitrogen and oxygen atoms in total. The van der Waals surface area contributed by atoms with Gasteiger partial charge in [-0.3, -0.25) is 0 Å². The summed E-state index contributed by atoms with van der Waals surface area (Å²) in [6, 6.07) is 18.5. The highest BCUT2D eigenvalue weighted by atomic mass is 79.9. The molecule has 1 aromatic heterocycles. The van der Waals surface area contributed by atoms with E-state index in [1.807, 2.05) is 30.3 Å². The lowest BCUT2D eigenvalue weighted by molar-refractivity contribution is 0.399. The predicted octanol–water partition coefficient (Wildman–Crippen LogP) is 4.67. The number of hydrogen-bond acceptors (Lipinski definition) is 2.